The SMILES string of the molecule is O=c1c2ccccc2cnn1CN1CCC(Cc2cccc(F)c2)CC1. The molecule has 2 heterocycles. The number of halogens is 1. The third-order valence-electron chi connectivity index (χ3n) is 5.22. The largest absolute Gasteiger partial charge is 0.284 e. The van der Waals surface area contributed by atoms with Crippen molar-refractivity contribution in [1.82, 2.24) is 14.7 Å². The van der Waals surface area contributed by atoms with Gasteiger partial charge >= 0.3 is 0 Å². The zero-order valence-corrected chi connectivity index (χ0v) is 14.6. The smallest absolute Gasteiger partial charge is 0.275 e. The highest BCUT2D eigenvalue weighted by Crippen LogP contribution is 2.22. The van der Waals surface area contributed by atoms with Crippen molar-refractivity contribution in [2.24, 2.45) is 5.92 Å². The van der Waals surface area contributed by atoms with E-state index >= 15 is 0 Å². The average Bonchev–Trinajstić information content (AvgIpc) is 2.66. The third-order valence-corrected chi connectivity index (χ3v) is 5.22. The van der Waals surface area contributed by atoms with Crippen molar-refractivity contribution in [2.45, 2.75) is 25.9 Å². The summed E-state index contributed by atoms with van der Waals surface area (Å²) >= 11 is 0. The molecule has 26 heavy (non-hydrogen) atoms. The number of benzene rings is 2. The second-order valence-corrected chi connectivity index (χ2v) is 7.07. The predicted molar refractivity (Wildman–Crippen MR) is 100 cm³/mol. The Morgan fingerprint density at radius 2 is 1.88 bits per heavy atom. The van der Waals surface area contributed by atoms with Gasteiger partial charge in [-0.05, 0) is 48.9 Å². The van der Waals surface area contributed by atoms with Crippen molar-refractivity contribution in [2.75, 3.05) is 13.1 Å². The van der Waals surface area contributed by atoms with Gasteiger partial charge in [-0.15, -0.1) is 0 Å². The van der Waals surface area contributed by atoms with Crippen molar-refractivity contribution in [3.63, 3.8) is 0 Å². The summed E-state index contributed by atoms with van der Waals surface area (Å²) in [6, 6.07) is 14.4. The molecule has 0 N–H and O–H groups in total. The lowest BCUT2D eigenvalue weighted by Crippen LogP contribution is -2.39. The second-order valence-electron chi connectivity index (χ2n) is 7.07. The van der Waals surface area contributed by atoms with Gasteiger partial charge in [-0.3, -0.25) is 9.69 Å². The van der Waals surface area contributed by atoms with Gasteiger partial charge < -0.3 is 0 Å². The van der Waals surface area contributed by atoms with Crippen LogP contribution in [0.1, 0.15) is 18.4 Å². The Hall–Kier alpha value is -2.53. The molecule has 0 atom stereocenters. The van der Waals surface area contributed by atoms with E-state index in [1.807, 2.05) is 30.3 Å². The Labute approximate surface area is 151 Å². The van der Waals surface area contributed by atoms with E-state index in [0.717, 1.165) is 43.3 Å². The number of hydrogen-bond donors (Lipinski definition) is 0. The number of piperidine rings is 1. The Morgan fingerprint density at radius 3 is 2.69 bits per heavy atom. The van der Waals surface area contributed by atoms with E-state index in [1.165, 1.54) is 6.07 Å². The van der Waals surface area contributed by atoms with E-state index in [0.29, 0.717) is 18.0 Å². The van der Waals surface area contributed by atoms with E-state index in [4.69, 9.17) is 0 Å². The minimum absolute atomic E-state index is 0.0371. The Bertz CT molecular complexity index is 961. The molecule has 0 bridgehead atoms. The summed E-state index contributed by atoms with van der Waals surface area (Å²) in [5.74, 6) is 0.399. The summed E-state index contributed by atoms with van der Waals surface area (Å²) in [6.07, 6.45) is 4.78. The molecule has 3 aromatic rings. The number of rotatable bonds is 4. The van der Waals surface area contributed by atoms with Gasteiger partial charge in [0.15, 0.2) is 0 Å². The van der Waals surface area contributed by atoms with Gasteiger partial charge in [0.25, 0.3) is 5.56 Å². The molecule has 0 unspecified atom stereocenters. The van der Waals surface area contributed by atoms with E-state index in [-0.39, 0.29) is 11.4 Å². The number of fused-ring (bicyclic) bond motifs is 1. The molecule has 1 aromatic heterocycles. The van der Waals surface area contributed by atoms with E-state index in [1.54, 1.807) is 23.0 Å². The minimum Gasteiger partial charge on any atom is -0.284 e. The van der Waals surface area contributed by atoms with Crippen LogP contribution < -0.4 is 5.56 Å². The van der Waals surface area contributed by atoms with Crippen LogP contribution in [-0.4, -0.2) is 27.8 Å². The first-order chi connectivity index (χ1) is 12.7. The normalized spacial score (nSPS) is 16.2. The average molecular weight is 351 g/mol. The number of nitrogens with zero attached hydrogens (tertiary/aromatic N) is 3. The van der Waals surface area contributed by atoms with Crippen LogP contribution in [0.5, 0.6) is 0 Å². The number of likely N-dealkylation sites (tertiary alicyclic amines) is 1. The van der Waals surface area contributed by atoms with Gasteiger partial charge in [0.1, 0.15) is 5.82 Å². The fourth-order valence-electron chi connectivity index (χ4n) is 3.75. The molecule has 0 radical (unpaired) electrons. The summed E-state index contributed by atoms with van der Waals surface area (Å²) in [4.78, 5) is 14.8. The van der Waals surface area contributed by atoms with Crippen LogP contribution in [0.2, 0.25) is 0 Å². The van der Waals surface area contributed by atoms with Crippen LogP contribution >= 0.6 is 0 Å². The molecule has 1 saturated heterocycles. The summed E-state index contributed by atoms with van der Waals surface area (Å²) in [6.45, 7) is 2.39. The molecule has 0 saturated carbocycles. The van der Waals surface area contributed by atoms with E-state index in [9.17, 15) is 9.18 Å². The molecule has 5 heteroatoms. The van der Waals surface area contributed by atoms with Crippen LogP contribution in [0.25, 0.3) is 10.8 Å². The molecule has 134 valence electrons. The monoisotopic (exact) mass is 351 g/mol. The van der Waals surface area contributed by atoms with Gasteiger partial charge in [0, 0.05) is 18.5 Å². The van der Waals surface area contributed by atoms with Gasteiger partial charge in [0.2, 0.25) is 0 Å². The van der Waals surface area contributed by atoms with Crippen molar-refractivity contribution < 1.29 is 4.39 Å². The highest BCUT2D eigenvalue weighted by Gasteiger charge is 2.20. The molecule has 0 spiro atoms. The van der Waals surface area contributed by atoms with Gasteiger partial charge in [0.05, 0.1) is 18.3 Å². The quantitative estimate of drug-likeness (QED) is 0.723. The summed E-state index contributed by atoms with van der Waals surface area (Å²) in [7, 11) is 0. The van der Waals surface area contributed by atoms with Crippen molar-refractivity contribution >= 4 is 10.8 Å². The maximum absolute atomic E-state index is 13.3. The molecule has 1 aliphatic heterocycles. The third kappa shape index (κ3) is 3.68. The minimum atomic E-state index is -0.165. The van der Waals surface area contributed by atoms with Crippen molar-refractivity contribution in [3.05, 3.63) is 76.5 Å². The standard InChI is InChI=1S/C21H22FN3O/c22-19-6-3-4-17(13-19)12-16-8-10-24(11-9-16)15-25-21(26)20-7-2-1-5-18(20)14-23-25/h1-7,13-14,16H,8-12,15H2. The molecule has 0 amide bonds. The van der Waals surface area contributed by atoms with Crippen LogP contribution in [0.3, 0.4) is 0 Å². The lowest BCUT2D eigenvalue weighted by molar-refractivity contribution is 0.138. The fourth-order valence-corrected chi connectivity index (χ4v) is 3.75. The zero-order valence-electron chi connectivity index (χ0n) is 14.6. The summed E-state index contributed by atoms with van der Waals surface area (Å²) in [5.41, 5.74) is 1.03. The van der Waals surface area contributed by atoms with Gasteiger partial charge in [-0.25, -0.2) is 9.07 Å². The zero-order chi connectivity index (χ0) is 17.9. The second kappa shape index (κ2) is 7.38. The van der Waals surface area contributed by atoms with Gasteiger partial charge in [-0.1, -0.05) is 30.3 Å². The van der Waals surface area contributed by atoms with E-state index in [2.05, 4.69) is 10.00 Å². The van der Waals surface area contributed by atoms with Crippen molar-refractivity contribution in [1.29, 1.82) is 0 Å². The van der Waals surface area contributed by atoms with Crippen molar-refractivity contribution in [3.8, 4) is 0 Å². The first-order valence-electron chi connectivity index (χ1n) is 9.11. The summed E-state index contributed by atoms with van der Waals surface area (Å²) in [5, 5.41) is 5.91. The first-order valence-corrected chi connectivity index (χ1v) is 9.11. The van der Waals surface area contributed by atoms with Crippen LogP contribution in [0, 0.1) is 11.7 Å². The summed E-state index contributed by atoms with van der Waals surface area (Å²) < 4.78 is 14.9. The number of hydrogen-bond acceptors (Lipinski definition) is 3. The lowest BCUT2D eigenvalue weighted by atomic mass is 9.90. The fraction of sp³-hybridized carbons (Fsp3) is 0.333. The predicted octanol–water partition coefficient (Wildman–Crippen LogP) is 3.45. The molecule has 2 aromatic carbocycles. The molecule has 0 aliphatic carbocycles. The topological polar surface area (TPSA) is 38.1 Å². The van der Waals surface area contributed by atoms with Crippen LogP contribution in [0.15, 0.2) is 59.5 Å². The molecule has 1 aliphatic rings. The van der Waals surface area contributed by atoms with Gasteiger partial charge in [-0.2, -0.15) is 5.10 Å². The van der Waals surface area contributed by atoms with Crippen LogP contribution in [0.4, 0.5) is 4.39 Å². The maximum Gasteiger partial charge on any atom is 0.275 e. The molecular weight excluding hydrogens is 329 g/mol. The van der Waals surface area contributed by atoms with Crippen LogP contribution in [-0.2, 0) is 13.1 Å². The maximum atomic E-state index is 13.3. The highest BCUT2D eigenvalue weighted by atomic mass is 19.1. The molecule has 4 nitrogen and oxygen atoms in total. The Kier molecular flexibility index (Phi) is 4.80. The molecular formula is C21H22FN3O. The molecule has 4 rings (SSSR count). The molecule has 1 fully saturated rings. The number of aromatic nitrogens is 2. The first kappa shape index (κ1) is 16.9. The van der Waals surface area contributed by atoms with E-state index < -0.39 is 0 Å². The lowest BCUT2D eigenvalue weighted by Gasteiger charge is -2.31. The Morgan fingerprint density at radius 1 is 1.08 bits per heavy atom. The highest BCUT2D eigenvalue weighted by molar-refractivity contribution is 5.80. The Balaban J connectivity index is 1.38.